The second-order valence-electron chi connectivity index (χ2n) is 8.01. The van der Waals surface area contributed by atoms with Crippen molar-refractivity contribution in [2.75, 3.05) is 13.7 Å². The highest BCUT2D eigenvalue weighted by Gasteiger charge is 2.28. The lowest BCUT2D eigenvalue weighted by Crippen LogP contribution is -2.17. The molecule has 0 aromatic heterocycles. The monoisotopic (exact) mass is 485 g/mol. The Balaban J connectivity index is 0.000000169. The summed E-state index contributed by atoms with van der Waals surface area (Å²) in [6.45, 7) is 2.32. The first-order valence-electron chi connectivity index (χ1n) is 11.7. The van der Waals surface area contributed by atoms with Crippen molar-refractivity contribution >= 4 is 6.09 Å². The third-order valence-corrected chi connectivity index (χ3v) is 5.81. The number of para-hydroxylation sites is 3. The quantitative estimate of drug-likeness (QED) is 0.317. The van der Waals surface area contributed by atoms with Gasteiger partial charge in [0.15, 0.2) is 11.5 Å². The van der Waals surface area contributed by atoms with Crippen LogP contribution in [0.5, 0.6) is 17.2 Å². The van der Waals surface area contributed by atoms with Crippen molar-refractivity contribution in [1.82, 2.24) is 0 Å². The van der Waals surface area contributed by atoms with Crippen molar-refractivity contribution in [2.45, 2.75) is 19.3 Å². The highest BCUT2D eigenvalue weighted by molar-refractivity contribution is 5.79. The number of amides is 1. The number of carbonyl (C=O) groups excluding carboxylic acids is 1. The van der Waals surface area contributed by atoms with E-state index in [0.29, 0.717) is 18.1 Å². The van der Waals surface area contributed by atoms with Gasteiger partial charge in [-0.25, -0.2) is 4.79 Å². The average Bonchev–Trinajstić information content (AvgIpc) is 3.22. The van der Waals surface area contributed by atoms with Gasteiger partial charge in [-0.2, -0.15) is 0 Å². The van der Waals surface area contributed by atoms with Crippen molar-refractivity contribution < 1.29 is 24.5 Å². The van der Waals surface area contributed by atoms with Gasteiger partial charge in [-0.3, -0.25) is 0 Å². The van der Waals surface area contributed by atoms with E-state index in [1.54, 1.807) is 30.3 Å². The smallest absolute Gasteiger partial charge is 0.404 e. The fourth-order valence-corrected chi connectivity index (χ4v) is 4.04. The van der Waals surface area contributed by atoms with Crippen molar-refractivity contribution in [1.29, 1.82) is 0 Å². The number of phenols is 2. The number of primary amides is 1. The van der Waals surface area contributed by atoms with E-state index in [1.165, 1.54) is 29.4 Å². The molecule has 0 atom stereocenters. The first kappa shape index (κ1) is 26.2. The van der Waals surface area contributed by atoms with Gasteiger partial charge in [0.05, 0.1) is 7.11 Å². The number of rotatable bonds is 4. The van der Waals surface area contributed by atoms with E-state index in [2.05, 4.69) is 24.3 Å². The topological polar surface area (TPSA) is 102 Å². The number of phenolic OH excluding ortho intramolecular Hbond substituents is 2. The fourth-order valence-electron chi connectivity index (χ4n) is 4.04. The molecule has 0 radical (unpaired) electrons. The van der Waals surface area contributed by atoms with E-state index in [4.69, 9.17) is 25.4 Å². The van der Waals surface area contributed by atoms with Crippen LogP contribution < -0.4 is 10.5 Å². The molecule has 4 aromatic carbocycles. The molecule has 1 aliphatic rings. The lowest BCUT2D eigenvalue weighted by Gasteiger charge is -2.12. The highest BCUT2D eigenvalue weighted by Crippen LogP contribution is 2.44. The maximum atomic E-state index is 10.8. The van der Waals surface area contributed by atoms with Crippen LogP contribution >= 0.6 is 0 Å². The molecule has 4 aromatic rings. The van der Waals surface area contributed by atoms with Crippen molar-refractivity contribution in [3.8, 4) is 28.4 Å². The largest absolute Gasteiger partial charge is 0.508 e. The molecule has 0 heterocycles. The lowest BCUT2D eigenvalue weighted by molar-refractivity contribution is 0.153. The van der Waals surface area contributed by atoms with Crippen LogP contribution in [0.2, 0.25) is 0 Å². The van der Waals surface area contributed by atoms with Crippen LogP contribution in [0.3, 0.4) is 0 Å². The summed E-state index contributed by atoms with van der Waals surface area (Å²) >= 11 is 0. The summed E-state index contributed by atoms with van der Waals surface area (Å²) in [5, 5.41) is 18.1. The molecule has 0 spiro atoms. The SMILES string of the molecule is CCc1ccccc1O.COc1ccccc1O.NC(=O)OCC1c2ccccc2-c2ccccc21. The molecular weight excluding hydrogens is 454 g/mol. The Morgan fingerprint density at radius 3 is 1.72 bits per heavy atom. The molecule has 1 aliphatic carbocycles. The van der Waals surface area contributed by atoms with Gasteiger partial charge in [0.1, 0.15) is 12.4 Å². The van der Waals surface area contributed by atoms with Gasteiger partial charge in [0.2, 0.25) is 0 Å². The first-order chi connectivity index (χ1) is 17.5. The van der Waals surface area contributed by atoms with Crippen LogP contribution in [0.15, 0.2) is 97.1 Å². The van der Waals surface area contributed by atoms with E-state index in [0.717, 1.165) is 12.0 Å². The molecule has 36 heavy (non-hydrogen) atoms. The molecule has 1 amide bonds. The van der Waals surface area contributed by atoms with Crippen molar-refractivity contribution in [2.24, 2.45) is 5.73 Å². The standard InChI is InChI=1S/C15H13NO2.C8H10O.C7H8O2/c16-15(17)18-9-14-12-7-3-1-5-10(12)11-6-2-4-8-13(11)14;1-2-7-5-3-4-6-8(7)9;1-9-7-5-3-2-4-6(7)8/h1-8,14H,9H2,(H2,16,17);3-6,9H,2H2,1H3;2-5,8H,1H3. The Kier molecular flexibility index (Phi) is 9.34. The summed E-state index contributed by atoms with van der Waals surface area (Å²) in [7, 11) is 1.52. The van der Waals surface area contributed by atoms with Crippen LogP contribution in [0.25, 0.3) is 11.1 Å². The van der Waals surface area contributed by atoms with Crippen molar-refractivity contribution in [3.63, 3.8) is 0 Å². The molecule has 0 unspecified atom stereocenters. The second-order valence-corrected chi connectivity index (χ2v) is 8.01. The lowest BCUT2D eigenvalue weighted by atomic mass is 9.98. The second kappa shape index (κ2) is 12.9. The number of hydrogen-bond acceptors (Lipinski definition) is 5. The number of nitrogens with two attached hydrogens (primary N) is 1. The molecule has 0 aliphatic heterocycles. The Hall–Kier alpha value is -4.45. The minimum absolute atomic E-state index is 0.0879. The number of methoxy groups -OCH3 is 1. The molecule has 4 N–H and O–H groups in total. The highest BCUT2D eigenvalue weighted by atomic mass is 16.5. The summed E-state index contributed by atoms with van der Waals surface area (Å²) in [6.07, 6.45) is 0.170. The summed E-state index contributed by atoms with van der Waals surface area (Å²) in [6, 6.07) is 30.6. The van der Waals surface area contributed by atoms with Gasteiger partial charge in [-0.1, -0.05) is 85.8 Å². The van der Waals surface area contributed by atoms with Crippen LogP contribution in [0, 0.1) is 0 Å². The minimum atomic E-state index is -0.725. The summed E-state index contributed by atoms with van der Waals surface area (Å²) in [4.78, 5) is 10.8. The van der Waals surface area contributed by atoms with Crippen molar-refractivity contribution in [3.05, 3.63) is 114 Å². The zero-order chi connectivity index (χ0) is 25.9. The molecule has 0 fully saturated rings. The maximum Gasteiger partial charge on any atom is 0.404 e. The van der Waals surface area contributed by atoms with Gasteiger partial charge < -0.3 is 25.4 Å². The number of carbonyl (C=O) groups is 1. The third kappa shape index (κ3) is 6.57. The number of ether oxygens (including phenoxy) is 2. The van der Waals surface area contributed by atoms with Crippen LogP contribution in [-0.4, -0.2) is 30.0 Å². The minimum Gasteiger partial charge on any atom is -0.508 e. The molecule has 186 valence electrons. The van der Waals surface area contributed by atoms with Gasteiger partial charge in [-0.05, 0) is 52.4 Å². The molecule has 0 saturated heterocycles. The van der Waals surface area contributed by atoms with E-state index < -0.39 is 6.09 Å². The van der Waals surface area contributed by atoms with Crippen LogP contribution in [0.1, 0.15) is 29.5 Å². The maximum absolute atomic E-state index is 10.8. The third-order valence-electron chi connectivity index (χ3n) is 5.81. The van der Waals surface area contributed by atoms with Crippen LogP contribution in [0.4, 0.5) is 4.79 Å². The number of aryl methyl sites for hydroxylation is 1. The molecule has 6 heteroatoms. The average molecular weight is 486 g/mol. The summed E-state index contributed by atoms with van der Waals surface area (Å²) < 4.78 is 9.77. The summed E-state index contributed by atoms with van der Waals surface area (Å²) in [5.41, 5.74) is 10.9. The zero-order valence-electron chi connectivity index (χ0n) is 20.4. The van der Waals surface area contributed by atoms with Gasteiger partial charge in [-0.15, -0.1) is 0 Å². The predicted octanol–water partition coefficient (Wildman–Crippen LogP) is 6.25. The molecular formula is C30H31NO5. The van der Waals surface area contributed by atoms with E-state index in [1.807, 2.05) is 49.4 Å². The molecule has 6 nitrogen and oxygen atoms in total. The van der Waals surface area contributed by atoms with Gasteiger partial charge in [0.25, 0.3) is 0 Å². The Morgan fingerprint density at radius 1 is 0.778 bits per heavy atom. The van der Waals surface area contributed by atoms with Gasteiger partial charge >= 0.3 is 6.09 Å². The first-order valence-corrected chi connectivity index (χ1v) is 11.7. The number of benzene rings is 4. The number of aromatic hydroxyl groups is 2. The number of fused-ring (bicyclic) bond motifs is 3. The summed E-state index contributed by atoms with van der Waals surface area (Å²) in [5.74, 6) is 1.18. The van der Waals surface area contributed by atoms with E-state index in [-0.39, 0.29) is 11.7 Å². The molecule has 0 bridgehead atoms. The zero-order valence-corrected chi connectivity index (χ0v) is 20.4. The van der Waals surface area contributed by atoms with E-state index >= 15 is 0 Å². The Morgan fingerprint density at radius 2 is 1.28 bits per heavy atom. The Labute approximate surface area is 211 Å². The predicted molar refractivity (Wildman–Crippen MR) is 141 cm³/mol. The Bertz CT molecular complexity index is 1200. The fraction of sp³-hybridized carbons (Fsp3) is 0.167. The molecule has 5 rings (SSSR count). The van der Waals surface area contributed by atoms with Gasteiger partial charge in [0, 0.05) is 5.92 Å². The van der Waals surface area contributed by atoms with E-state index in [9.17, 15) is 4.79 Å². The van der Waals surface area contributed by atoms with Crippen LogP contribution in [-0.2, 0) is 11.2 Å². The number of hydrogen-bond donors (Lipinski definition) is 3. The normalized spacial score (nSPS) is 11.1. The molecule has 0 saturated carbocycles.